The number of nitrogens with zero attached hydrogens (tertiary/aromatic N) is 2. The van der Waals surface area contributed by atoms with Crippen molar-refractivity contribution in [1.82, 2.24) is 15.1 Å². The second-order valence-corrected chi connectivity index (χ2v) is 5.90. The molecule has 0 radical (unpaired) electrons. The van der Waals surface area contributed by atoms with Crippen LogP contribution in [0.5, 0.6) is 0 Å². The molecular weight excluding hydrogens is 296 g/mol. The second kappa shape index (κ2) is 6.28. The Hall–Kier alpha value is -2.57. The number of likely N-dealkylation sites (N-methyl/N-ethyl adjacent to an activating group) is 1. The predicted molar refractivity (Wildman–Crippen MR) is 85.3 cm³/mol. The van der Waals surface area contributed by atoms with Crippen molar-refractivity contribution in [3.8, 4) is 0 Å². The molecule has 7 nitrogen and oxygen atoms in total. The summed E-state index contributed by atoms with van der Waals surface area (Å²) in [6.07, 6.45) is 1.65. The van der Waals surface area contributed by atoms with Crippen LogP contribution in [0.4, 0.5) is 10.5 Å². The first-order valence-corrected chi connectivity index (χ1v) is 7.75. The number of carbonyl (C=O) groups is 3. The quantitative estimate of drug-likeness (QED) is 0.860. The fraction of sp³-hybridized carbons (Fsp3) is 0.438. The molecule has 0 unspecified atom stereocenters. The van der Waals surface area contributed by atoms with Crippen molar-refractivity contribution in [3.05, 3.63) is 29.3 Å². The van der Waals surface area contributed by atoms with E-state index in [2.05, 4.69) is 10.6 Å². The predicted octanol–water partition coefficient (Wildman–Crippen LogP) is 0.668. The van der Waals surface area contributed by atoms with E-state index in [0.29, 0.717) is 30.9 Å². The Morgan fingerprint density at radius 2 is 2.13 bits per heavy atom. The third-order valence-electron chi connectivity index (χ3n) is 4.19. The smallest absolute Gasteiger partial charge is 0.317 e. The van der Waals surface area contributed by atoms with Gasteiger partial charge in [-0.3, -0.25) is 9.59 Å². The van der Waals surface area contributed by atoms with E-state index in [9.17, 15) is 14.4 Å². The molecule has 2 N–H and O–H groups in total. The van der Waals surface area contributed by atoms with Crippen LogP contribution in [-0.4, -0.2) is 60.9 Å². The van der Waals surface area contributed by atoms with Gasteiger partial charge in [0, 0.05) is 37.9 Å². The van der Waals surface area contributed by atoms with Crippen molar-refractivity contribution in [3.63, 3.8) is 0 Å². The highest BCUT2D eigenvalue weighted by molar-refractivity contribution is 5.99. The second-order valence-electron chi connectivity index (χ2n) is 5.90. The van der Waals surface area contributed by atoms with E-state index in [0.717, 1.165) is 18.4 Å². The average Bonchev–Trinajstić information content (AvgIpc) is 2.54. The summed E-state index contributed by atoms with van der Waals surface area (Å²) in [5, 5.41) is 5.47. The minimum atomic E-state index is -0.265. The molecule has 122 valence electrons. The van der Waals surface area contributed by atoms with Gasteiger partial charge in [-0.05, 0) is 30.5 Å². The summed E-state index contributed by atoms with van der Waals surface area (Å²) in [5.41, 5.74) is 2.21. The molecule has 2 heterocycles. The summed E-state index contributed by atoms with van der Waals surface area (Å²) in [6.45, 7) is 1.95. The Morgan fingerprint density at radius 1 is 1.30 bits per heavy atom. The van der Waals surface area contributed by atoms with E-state index in [1.54, 1.807) is 24.1 Å². The lowest BCUT2D eigenvalue weighted by Gasteiger charge is -2.27. The number of rotatable bonds is 3. The Labute approximate surface area is 134 Å². The molecule has 0 atom stereocenters. The van der Waals surface area contributed by atoms with E-state index < -0.39 is 0 Å². The summed E-state index contributed by atoms with van der Waals surface area (Å²) >= 11 is 0. The zero-order chi connectivity index (χ0) is 16.4. The summed E-state index contributed by atoms with van der Waals surface area (Å²) in [4.78, 5) is 39.1. The van der Waals surface area contributed by atoms with Crippen LogP contribution in [-0.2, 0) is 11.2 Å². The third-order valence-corrected chi connectivity index (χ3v) is 4.19. The van der Waals surface area contributed by atoms with Gasteiger partial charge in [-0.25, -0.2) is 4.79 Å². The average molecular weight is 316 g/mol. The van der Waals surface area contributed by atoms with Crippen LogP contribution in [0.25, 0.3) is 0 Å². The number of nitrogens with one attached hydrogen (secondary N) is 2. The topological polar surface area (TPSA) is 81.8 Å². The number of amides is 4. The third kappa shape index (κ3) is 3.28. The van der Waals surface area contributed by atoms with E-state index >= 15 is 0 Å². The number of hydrogen-bond acceptors (Lipinski definition) is 3. The van der Waals surface area contributed by atoms with Gasteiger partial charge >= 0.3 is 6.03 Å². The van der Waals surface area contributed by atoms with Gasteiger partial charge in [0.15, 0.2) is 0 Å². The molecular formula is C16H20N4O3. The molecule has 0 aliphatic carbocycles. The number of carbonyl (C=O) groups excluding carboxylic acids is 3. The lowest BCUT2D eigenvalue weighted by molar-refractivity contribution is -0.116. The van der Waals surface area contributed by atoms with E-state index in [1.807, 2.05) is 6.07 Å². The van der Waals surface area contributed by atoms with Crippen molar-refractivity contribution in [2.75, 3.05) is 38.5 Å². The molecule has 1 aromatic carbocycles. The molecule has 1 saturated heterocycles. The van der Waals surface area contributed by atoms with Crippen LogP contribution in [0.2, 0.25) is 0 Å². The van der Waals surface area contributed by atoms with E-state index in [4.69, 9.17) is 0 Å². The largest absolute Gasteiger partial charge is 0.341 e. The molecule has 4 amide bonds. The van der Waals surface area contributed by atoms with Crippen molar-refractivity contribution in [2.24, 2.45) is 0 Å². The van der Waals surface area contributed by atoms with Crippen LogP contribution in [0, 0.1) is 0 Å². The van der Waals surface area contributed by atoms with Gasteiger partial charge in [-0.1, -0.05) is 6.07 Å². The molecule has 0 aromatic heterocycles. The van der Waals surface area contributed by atoms with Crippen molar-refractivity contribution < 1.29 is 14.4 Å². The summed E-state index contributed by atoms with van der Waals surface area (Å²) < 4.78 is 0. The van der Waals surface area contributed by atoms with Gasteiger partial charge in [0.2, 0.25) is 5.91 Å². The molecule has 2 aliphatic rings. The zero-order valence-corrected chi connectivity index (χ0v) is 13.1. The van der Waals surface area contributed by atoms with Gasteiger partial charge in [-0.15, -0.1) is 0 Å². The summed E-state index contributed by atoms with van der Waals surface area (Å²) in [6, 6.07) is 5.17. The lowest BCUT2D eigenvalue weighted by atomic mass is 9.99. The molecule has 23 heavy (non-hydrogen) atoms. The minimum Gasteiger partial charge on any atom is -0.341 e. The first-order chi connectivity index (χ1) is 11.0. The Kier molecular flexibility index (Phi) is 4.18. The van der Waals surface area contributed by atoms with E-state index in [-0.39, 0.29) is 24.4 Å². The highest BCUT2D eigenvalue weighted by Crippen LogP contribution is 2.22. The number of fused-ring (bicyclic) bond motifs is 1. The molecule has 7 heteroatoms. The standard InChI is InChI=1S/C16H20N4O3/c1-19-8-5-11-3-4-12(9-13(11)15(19)22)18-14(21)10-20-7-2-6-17-16(20)23/h3-4,9H,2,5-8,10H2,1H3,(H,17,23)(H,18,21). The Morgan fingerprint density at radius 3 is 2.91 bits per heavy atom. The van der Waals surface area contributed by atoms with E-state index in [1.165, 1.54) is 4.90 Å². The fourth-order valence-corrected chi connectivity index (χ4v) is 2.87. The number of benzene rings is 1. The maximum absolute atomic E-state index is 12.2. The lowest BCUT2D eigenvalue weighted by Crippen LogP contribution is -2.49. The monoisotopic (exact) mass is 316 g/mol. The van der Waals surface area contributed by atoms with Gasteiger partial charge in [-0.2, -0.15) is 0 Å². The van der Waals surface area contributed by atoms with Crippen LogP contribution in [0.15, 0.2) is 18.2 Å². The summed E-state index contributed by atoms with van der Waals surface area (Å²) in [5.74, 6) is -0.295. The number of urea groups is 1. The van der Waals surface area contributed by atoms with Crippen molar-refractivity contribution in [2.45, 2.75) is 12.8 Å². The SMILES string of the molecule is CN1CCc2ccc(NC(=O)CN3CCCNC3=O)cc2C1=O. The zero-order valence-electron chi connectivity index (χ0n) is 13.1. The number of hydrogen-bond donors (Lipinski definition) is 2. The first-order valence-electron chi connectivity index (χ1n) is 7.75. The Bertz CT molecular complexity index is 659. The van der Waals surface area contributed by atoms with Gasteiger partial charge in [0.25, 0.3) is 5.91 Å². The summed E-state index contributed by atoms with van der Waals surface area (Å²) in [7, 11) is 1.77. The van der Waals surface area contributed by atoms with Crippen molar-refractivity contribution >= 4 is 23.5 Å². The van der Waals surface area contributed by atoms with Gasteiger partial charge in [0.05, 0.1) is 0 Å². The van der Waals surface area contributed by atoms with Crippen LogP contribution < -0.4 is 10.6 Å². The normalized spacial score (nSPS) is 17.6. The highest BCUT2D eigenvalue weighted by atomic mass is 16.2. The molecule has 0 saturated carbocycles. The molecule has 2 aliphatic heterocycles. The maximum Gasteiger partial charge on any atom is 0.317 e. The molecule has 0 spiro atoms. The molecule has 0 bridgehead atoms. The Balaban J connectivity index is 1.67. The fourth-order valence-electron chi connectivity index (χ4n) is 2.87. The van der Waals surface area contributed by atoms with Crippen molar-refractivity contribution in [1.29, 1.82) is 0 Å². The van der Waals surface area contributed by atoms with Gasteiger partial charge < -0.3 is 20.4 Å². The molecule has 1 fully saturated rings. The molecule has 1 aromatic rings. The van der Waals surface area contributed by atoms with Crippen LogP contribution in [0.1, 0.15) is 22.3 Å². The van der Waals surface area contributed by atoms with Gasteiger partial charge in [0.1, 0.15) is 6.54 Å². The molecule has 3 rings (SSSR count). The van der Waals surface area contributed by atoms with Crippen LogP contribution >= 0.6 is 0 Å². The number of anilines is 1. The maximum atomic E-state index is 12.2. The first kappa shape index (κ1) is 15.3. The minimum absolute atomic E-state index is 0.0107. The highest BCUT2D eigenvalue weighted by Gasteiger charge is 2.23. The van der Waals surface area contributed by atoms with Crippen LogP contribution in [0.3, 0.4) is 0 Å².